The number of rotatable bonds is 5. The molecule has 0 unspecified atom stereocenters. The van der Waals surface area contributed by atoms with Crippen molar-refractivity contribution < 1.29 is 14.3 Å². The van der Waals surface area contributed by atoms with Crippen molar-refractivity contribution in [2.24, 2.45) is 5.41 Å². The number of anilines is 2. The molecule has 2 N–H and O–H groups in total. The van der Waals surface area contributed by atoms with Gasteiger partial charge in [-0.25, -0.2) is 4.79 Å². The van der Waals surface area contributed by atoms with Crippen molar-refractivity contribution in [3.05, 3.63) is 54.1 Å². The molecule has 28 heavy (non-hydrogen) atoms. The molecule has 2 aromatic rings. The number of carbonyl (C=O) groups is 2. The van der Waals surface area contributed by atoms with Crippen LogP contribution in [0.25, 0.3) is 0 Å². The number of carbonyl (C=O) groups excluding carboxylic acids is 2. The maximum absolute atomic E-state index is 12.5. The van der Waals surface area contributed by atoms with Gasteiger partial charge in [0, 0.05) is 25.3 Å². The Balaban J connectivity index is 1.55. The molecule has 0 saturated carbocycles. The predicted molar refractivity (Wildman–Crippen MR) is 111 cm³/mol. The summed E-state index contributed by atoms with van der Waals surface area (Å²) in [5.41, 5.74) is 1.98. The predicted octanol–water partition coefficient (Wildman–Crippen LogP) is 3.82. The van der Waals surface area contributed by atoms with Crippen LogP contribution >= 0.6 is 0 Å². The molecular formula is C22H27N3O3. The van der Waals surface area contributed by atoms with Gasteiger partial charge in [-0.15, -0.1) is 0 Å². The lowest BCUT2D eigenvalue weighted by Crippen LogP contribution is -2.39. The molecule has 3 rings (SSSR count). The quantitative estimate of drug-likeness (QED) is 0.774. The summed E-state index contributed by atoms with van der Waals surface area (Å²) < 4.78 is 5.84. The number of aryl methyl sites for hydroxylation is 1. The van der Waals surface area contributed by atoms with Gasteiger partial charge in [0.05, 0.1) is 11.1 Å². The first-order chi connectivity index (χ1) is 13.4. The van der Waals surface area contributed by atoms with E-state index in [-0.39, 0.29) is 18.5 Å². The Morgan fingerprint density at radius 3 is 2.68 bits per heavy atom. The molecular weight excluding hydrogens is 354 g/mol. The standard InChI is InChI=1S/C22H27N3O3/c1-22(2)15-28-19-14-17(11-12-18(19)25(3)20(22)26)24-21(27)23-13-7-10-16-8-5-4-6-9-16/h4-6,8-9,11-12,14H,7,10,13,15H2,1-3H3,(H2,23,24,27). The normalized spacial score (nSPS) is 15.2. The molecule has 2 aromatic carbocycles. The second-order valence-electron chi connectivity index (χ2n) is 7.69. The number of nitrogens with one attached hydrogen (secondary N) is 2. The van der Waals surface area contributed by atoms with Gasteiger partial charge in [0.2, 0.25) is 5.91 Å². The zero-order chi connectivity index (χ0) is 20.1. The maximum atomic E-state index is 12.5. The first kappa shape index (κ1) is 19.7. The Kier molecular flexibility index (Phi) is 5.87. The molecule has 6 nitrogen and oxygen atoms in total. The molecule has 0 aromatic heterocycles. The van der Waals surface area contributed by atoms with Crippen molar-refractivity contribution in [1.29, 1.82) is 0 Å². The van der Waals surface area contributed by atoms with Crippen molar-refractivity contribution in [2.75, 3.05) is 30.4 Å². The molecule has 1 heterocycles. The average molecular weight is 381 g/mol. The summed E-state index contributed by atoms with van der Waals surface area (Å²) in [6.07, 6.45) is 1.79. The van der Waals surface area contributed by atoms with Crippen LogP contribution in [0.15, 0.2) is 48.5 Å². The van der Waals surface area contributed by atoms with Gasteiger partial charge in [0.25, 0.3) is 0 Å². The van der Waals surface area contributed by atoms with Crippen molar-refractivity contribution in [3.63, 3.8) is 0 Å². The molecule has 0 fully saturated rings. The van der Waals surface area contributed by atoms with Crippen LogP contribution in [-0.2, 0) is 11.2 Å². The van der Waals surface area contributed by atoms with Crippen LogP contribution in [0.2, 0.25) is 0 Å². The van der Waals surface area contributed by atoms with Crippen molar-refractivity contribution in [1.82, 2.24) is 5.32 Å². The molecule has 6 heteroatoms. The fraction of sp³-hybridized carbons (Fsp3) is 0.364. The summed E-state index contributed by atoms with van der Waals surface area (Å²) in [6, 6.07) is 15.2. The maximum Gasteiger partial charge on any atom is 0.319 e. The largest absolute Gasteiger partial charge is 0.490 e. The van der Waals surface area contributed by atoms with Gasteiger partial charge in [-0.3, -0.25) is 4.79 Å². The first-order valence-corrected chi connectivity index (χ1v) is 9.50. The smallest absolute Gasteiger partial charge is 0.319 e. The van der Waals surface area contributed by atoms with Crippen LogP contribution in [0.3, 0.4) is 0 Å². The molecule has 3 amide bonds. The molecule has 0 atom stereocenters. The summed E-state index contributed by atoms with van der Waals surface area (Å²) in [7, 11) is 1.74. The lowest BCUT2D eigenvalue weighted by atomic mass is 9.93. The van der Waals surface area contributed by atoms with Crippen LogP contribution in [0.5, 0.6) is 5.75 Å². The second-order valence-corrected chi connectivity index (χ2v) is 7.69. The van der Waals surface area contributed by atoms with E-state index in [1.165, 1.54) is 5.56 Å². The van der Waals surface area contributed by atoms with Gasteiger partial charge in [-0.2, -0.15) is 0 Å². The molecule has 148 valence electrons. The number of nitrogens with zero attached hydrogens (tertiary/aromatic N) is 1. The van der Waals surface area contributed by atoms with Crippen LogP contribution in [-0.4, -0.2) is 32.1 Å². The lowest BCUT2D eigenvalue weighted by Gasteiger charge is -2.24. The van der Waals surface area contributed by atoms with Crippen LogP contribution < -0.4 is 20.3 Å². The minimum Gasteiger partial charge on any atom is -0.490 e. The van der Waals surface area contributed by atoms with Crippen LogP contribution in [0, 0.1) is 5.41 Å². The van der Waals surface area contributed by atoms with Crippen molar-refractivity contribution >= 4 is 23.3 Å². The Labute approximate surface area is 165 Å². The van der Waals surface area contributed by atoms with Crippen LogP contribution in [0.4, 0.5) is 16.2 Å². The SMILES string of the molecule is CN1C(=O)C(C)(C)COc2cc(NC(=O)NCCCc3ccccc3)ccc21. The number of amides is 3. The van der Waals surface area contributed by atoms with Gasteiger partial charge >= 0.3 is 6.03 Å². The van der Waals surface area contributed by atoms with Crippen LogP contribution in [0.1, 0.15) is 25.8 Å². The van der Waals surface area contributed by atoms with E-state index in [0.717, 1.165) is 12.8 Å². The molecule has 1 aliphatic heterocycles. The molecule has 0 bridgehead atoms. The summed E-state index contributed by atoms with van der Waals surface area (Å²) in [6.45, 7) is 4.60. The van der Waals surface area contributed by atoms with E-state index in [0.29, 0.717) is 23.7 Å². The number of hydrogen-bond donors (Lipinski definition) is 2. The monoisotopic (exact) mass is 381 g/mol. The van der Waals surface area contributed by atoms with E-state index in [9.17, 15) is 9.59 Å². The fourth-order valence-electron chi connectivity index (χ4n) is 3.18. The Bertz CT molecular complexity index is 849. The van der Waals surface area contributed by atoms with E-state index in [1.54, 1.807) is 30.1 Å². The number of fused-ring (bicyclic) bond motifs is 1. The van der Waals surface area contributed by atoms with Gasteiger partial charge < -0.3 is 20.3 Å². The van der Waals surface area contributed by atoms with Crippen molar-refractivity contribution in [3.8, 4) is 5.75 Å². The minimum atomic E-state index is -0.600. The van der Waals surface area contributed by atoms with Gasteiger partial charge in [0.1, 0.15) is 12.4 Å². The highest BCUT2D eigenvalue weighted by Crippen LogP contribution is 2.37. The number of ether oxygens (including phenoxy) is 1. The van der Waals surface area contributed by atoms with Crippen molar-refractivity contribution in [2.45, 2.75) is 26.7 Å². The highest BCUT2D eigenvalue weighted by Gasteiger charge is 2.36. The zero-order valence-electron chi connectivity index (χ0n) is 16.6. The summed E-state index contributed by atoms with van der Waals surface area (Å²) in [5, 5.41) is 5.69. The Hall–Kier alpha value is -3.02. The third-order valence-electron chi connectivity index (χ3n) is 4.82. The van der Waals surface area contributed by atoms with E-state index >= 15 is 0 Å². The third kappa shape index (κ3) is 4.63. The molecule has 1 aliphatic rings. The highest BCUT2D eigenvalue weighted by atomic mass is 16.5. The minimum absolute atomic E-state index is 0.00289. The lowest BCUT2D eigenvalue weighted by molar-refractivity contribution is -0.127. The van der Waals surface area contributed by atoms with Gasteiger partial charge in [0.15, 0.2) is 0 Å². The molecule has 0 saturated heterocycles. The van der Waals surface area contributed by atoms with E-state index in [4.69, 9.17) is 4.74 Å². The fourth-order valence-corrected chi connectivity index (χ4v) is 3.18. The van der Waals surface area contributed by atoms with E-state index < -0.39 is 5.41 Å². The Morgan fingerprint density at radius 1 is 1.18 bits per heavy atom. The number of benzene rings is 2. The van der Waals surface area contributed by atoms with Gasteiger partial charge in [-0.05, 0) is 44.4 Å². The topological polar surface area (TPSA) is 70.7 Å². The van der Waals surface area contributed by atoms with E-state index in [2.05, 4.69) is 22.8 Å². The number of hydrogen-bond acceptors (Lipinski definition) is 3. The summed E-state index contributed by atoms with van der Waals surface area (Å²) >= 11 is 0. The third-order valence-corrected chi connectivity index (χ3v) is 4.82. The average Bonchev–Trinajstić information content (AvgIpc) is 2.77. The first-order valence-electron chi connectivity index (χ1n) is 9.50. The molecule has 0 spiro atoms. The summed E-state index contributed by atoms with van der Waals surface area (Å²) in [5.74, 6) is 0.589. The summed E-state index contributed by atoms with van der Waals surface area (Å²) in [4.78, 5) is 26.3. The second kappa shape index (κ2) is 8.33. The van der Waals surface area contributed by atoms with E-state index in [1.807, 2.05) is 32.0 Å². The molecule has 0 radical (unpaired) electrons. The molecule has 0 aliphatic carbocycles. The highest BCUT2D eigenvalue weighted by molar-refractivity contribution is 5.99. The number of urea groups is 1. The van der Waals surface area contributed by atoms with Gasteiger partial charge in [-0.1, -0.05) is 30.3 Å². The zero-order valence-corrected chi connectivity index (χ0v) is 16.6. The Morgan fingerprint density at radius 2 is 1.93 bits per heavy atom.